The van der Waals surface area contributed by atoms with Gasteiger partial charge in [0.25, 0.3) is 0 Å². The van der Waals surface area contributed by atoms with E-state index in [2.05, 4.69) is 24.3 Å². The molecule has 0 spiro atoms. The Balaban J connectivity index is 2.94. The van der Waals surface area contributed by atoms with Gasteiger partial charge < -0.3 is 10.1 Å². The Kier molecular flexibility index (Phi) is 4.15. The Morgan fingerprint density at radius 2 is 2.20 bits per heavy atom. The van der Waals surface area contributed by atoms with Gasteiger partial charge in [-0.3, -0.25) is 4.68 Å². The number of hydrogen-bond acceptors (Lipinski definition) is 3. The largest absolute Gasteiger partial charge is 0.493 e. The second-order valence-electron chi connectivity index (χ2n) is 4.19. The maximum atomic E-state index is 5.31. The summed E-state index contributed by atoms with van der Waals surface area (Å²) in [6, 6.07) is 0.299. The average Bonchev–Trinajstić information content (AvgIpc) is 2.56. The molecule has 1 rings (SSSR count). The van der Waals surface area contributed by atoms with Crippen molar-refractivity contribution in [3.8, 4) is 5.75 Å². The molecular weight excluding hydrogens is 190 g/mol. The third-order valence-electron chi connectivity index (χ3n) is 2.55. The first kappa shape index (κ1) is 12.0. The third-order valence-corrected chi connectivity index (χ3v) is 2.55. The minimum atomic E-state index is 0.299. The predicted octanol–water partition coefficient (Wildman–Crippen LogP) is 1.74. The quantitative estimate of drug-likeness (QED) is 0.806. The number of ether oxygens (including phenoxy) is 1. The maximum absolute atomic E-state index is 5.31. The summed E-state index contributed by atoms with van der Waals surface area (Å²) in [5.41, 5.74) is 1.12. The summed E-state index contributed by atoms with van der Waals surface area (Å²) in [5, 5.41) is 7.53. The van der Waals surface area contributed by atoms with Crippen LogP contribution in [-0.2, 0) is 7.05 Å². The molecule has 0 bridgehead atoms. The monoisotopic (exact) mass is 211 g/mol. The number of hydrogen-bond donors (Lipinski definition) is 1. The van der Waals surface area contributed by atoms with Crippen LogP contribution in [0.5, 0.6) is 5.75 Å². The summed E-state index contributed by atoms with van der Waals surface area (Å²) >= 11 is 0. The van der Waals surface area contributed by atoms with E-state index in [9.17, 15) is 0 Å². The third kappa shape index (κ3) is 2.72. The summed E-state index contributed by atoms with van der Waals surface area (Å²) in [4.78, 5) is 0. The molecule has 0 aromatic carbocycles. The van der Waals surface area contributed by atoms with Gasteiger partial charge in [-0.1, -0.05) is 13.8 Å². The highest BCUT2D eigenvalue weighted by Crippen LogP contribution is 2.28. The van der Waals surface area contributed by atoms with Crippen LogP contribution in [0.4, 0.5) is 0 Å². The molecule has 1 atom stereocenters. The van der Waals surface area contributed by atoms with Crippen molar-refractivity contribution in [2.75, 3.05) is 14.2 Å². The zero-order chi connectivity index (χ0) is 11.4. The van der Waals surface area contributed by atoms with Crippen LogP contribution in [0.2, 0.25) is 0 Å². The lowest BCUT2D eigenvalue weighted by atomic mass is 10.0. The van der Waals surface area contributed by atoms with Gasteiger partial charge in [-0.25, -0.2) is 0 Å². The van der Waals surface area contributed by atoms with Gasteiger partial charge in [-0.2, -0.15) is 5.10 Å². The molecule has 0 aliphatic rings. The van der Waals surface area contributed by atoms with Crippen molar-refractivity contribution in [3.63, 3.8) is 0 Å². The molecule has 1 N–H and O–H groups in total. The second-order valence-corrected chi connectivity index (χ2v) is 4.19. The first-order chi connectivity index (χ1) is 7.10. The molecule has 1 aromatic rings. The highest BCUT2D eigenvalue weighted by atomic mass is 16.5. The molecule has 15 heavy (non-hydrogen) atoms. The van der Waals surface area contributed by atoms with E-state index < -0.39 is 0 Å². The summed E-state index contributed by atoms with van der Waals surface area (Å²) < 4.78 is 7.18. The maximum Gasteiger partial charge on any atom is 0.161 e. The number of aryl methyl sites for hydroxylation is 1. The van der Waals surface area contributed by atoms with Gasteiger partial charge in [0.2, 0.25) is 0 Å². The first-order valence-corrected chi connectivity index (χ1v) is 5.33. The number of nitrogens with zero attached hydrogens (tertiary/aromatic N) is 2. The normalized spacial score (nSPS) is 13.2. The Morgan fingerprint density at radius 3 is 2.67 bits per heavy atom. The zero-order valence-corrected chi connectivity index (χ0v) is 10.2. The fourth-order valence-electron chi connectivity index (χ4n) is 1.82. The molecule has 1 aromatic heterocycles. The summed E-state index contributed by atoms with van der Waals surface area (Å²) in [6.07, 6.45) is 2.84. The average molecular weight is 211 g/mol. The highest BCUT2D eigenvalue weighted by Gasteiger charge is 2.19. The number of aromatic nitrogens is 2. The summed E-state index contributed by atoms with van der Waals surface area (Å²) in [6.45, 7) is 4.43. The van der Waals surface area contributed by atoms with Gasteiger partial charge in [-0.15, -0.1) is 0 Å². The summed E-state index contributed by atoms with van der Waals surface area (Å²) in [5.74, 6) is 1.50. The van der Waals surface area contributed by atoms with Gasteiger partial charge in [-0.05, 0) is 19.4 Å². The smallest absolute Gasteiger partial charge is 0.161 e. The lowest BCUT2D eigenvalue weighted by molar-refractivity contribution is 0.380. The molecule has 0 aliphatic carbocycles. The first-order valence-electron chi connectivity index (χ1n) is 5.33. The van der Waals surface area contributed by atoms with E-state index in [0.717, 1.165) is 17.9 Å². The molecule has 0 amide bonds. The summed E-state index contributed by atoms with van der Waals surface area (Å²) in [7, 11) is 5.60. The van der Waals surface area contributed by atoms with Gasteiger partial charge in [0.05, 0.1) is 25.0 Å². The topological polar surface area (TPSA) is 39.1 Å². The molecule has 0 radical (unpaired) electrons. The van der Waals surface area contributed by atoms with Crippen LogP contribution in [0.1, 0.15) is 32.0 Å². The van der Waals surface area contributed by atoms with Gasteiger partial charge in [0, 0.05) is 7.05 Å². The van der Waals surface area contributed by atoms with Crippen molar-refractivity contribution in [1.82, 2.24) is 15.1 Å². The standard InChI is InChI=1S/C11H21N3O/c1-8(2)6-9(12-3)11-10(15-5)7-13-14(11)4/h7-9,12H,6H2,1-5H3. The molecule has 1 unspecified atom stereocenters. The van der Waals surface area contributed by atoms with Crippen LogP contribution in [0.3, 0.4) is 0 Å². The molecule has 4 heteroatoms. The molecular formula is C11H21N3O. The predicted molar refractivity (Wildman–Crippen MR) is 61.0 cm³/mol. The SMILES string of the molecule is CNC(CC(C)C)c1c(OC)cnn1C. The molecule has 0 saturated carbocycles. The fraction of sp³-hybridized carbons (Fsp3) is 0.727. The Morgan fingerprint density at radius 1 is 1.53 bits per heavy atom. The second kappa shape index (κ2) is 5.16. The molecule has 4 nitrogen and oxygen atoms in total. The van der Waals surface area contributed by atoms with Crippen LogP contribution in [0.15, 0.2) is 6.20 Å². The molecule has 1 heterocycles. The van der Waals surface area contributed by atoms with Crippen molar-refractivity contribution < 1.29 is 4.74 Å². The van der Waals surface area contributed by atoms with E-state index in [1.54, 1.807) is 13.3 Å². The van der Waals surface area contributed by atoms with Crippen LogP contribution < -0.4 is 10.1 Å². The van der Waals surface area contributed by atoms with Crippen molar-refractivity contribution in [2.45, 2.75) is 26.3 Å². The van der Waals surface area contributed by atoms with Gasteiger partial charge in [0.15, 0.2) is 5.75 Å². The van der Waals surface area contributed by atoms with Crippen molar-refractivity contribution in [3.05, 3.63) is 11.9 Å². The molecule has 0 aliphatic heterocycles. The van der Waals surface area contributed by atoms with E-state index in [1.165, 1.54) is 0 Å². The lowest BCUT2D eigenvalue weighted by Gasteiger charge is -2.19. The highest BCUT2D eigenvalue weighted by molar-refractivity contribution is 5.28. The van der Waals surface area contributed by atoms with E-state index in [0.29, 0.717) is 12.0 Å². The molecule has 86 valence electrons. The Bertz CT molecular complexity index is 307. The van der Waals surface area contributed by atoms with Crippen LogP contribution in [-0.4, -0.2) is 23.9 Å². The Labute approximate surface area is 91.6 Å². The Hall–Kier alpha value is -1.03. The minimum absolute atomic E-state index is 0.299. The van der Waals surface area contributed by atoms with E-state index in [1.807, 2.05) is 18.8 Å². The number of rotatable bonds is 5. The minimum Gasteiger partial charge on any atom is -0.493 e. The molecule has 0 fully saturated rings. The lowest BCUT2D eigenvalue weighted by Crippen LogP contribution is -2.21. The van der Waals surface area contributed by atoms with Gasteiger partial charge >= 0.3 is 0 Å². The zero-order valence-electron chi connectivity index (χ0n) is 10.2. The van der Waals surface area contributed by atoms with Crippen molar-refractivity contribution >= 4 is 0 Å². The van der Waals surface area contributed by atoms with Crippen LogP contribution in [0, 0.1) is 5.92 Å². The van der Waals surface area contributed by atoms with Crippen LogP contribution in [0.25, 0.3) is 0 Å². The fourth-order valence-corrected chi connectivity index (χ4v) is 1.82. The van der Waals surface area contributed by atoms with Crippen molar-refractivity contribution in [1.29, 1.82) is 0 Å². The van der Waals surface area contributed by atoms with Crippen molar-refractivity contribution in [2.24, 2.45) is 13.0 Å². The van der Waals surface area contributed by atoms with E-state index in [-0.39, 0.29) is 0 Å². The van der Waals surface area contributed by atoms with E-state index >= 15 is 0 Å². The molecule has 0 saturated heterocycles. The number of nitrogens with one attached hydrogen (secondary N) is 1. The van der Waals surface area contributed by atoms with Crippen LogP contribution >= 0.6 is 0 Å². The van der Waals surface area contributed by atoms with E-state index in [4.69, 9.17) is 4.74 Å². The number of methoxy groups -OCH3 is 1. The van der Waals surface area contributed by atoms with Gasteiger partial charge in [0.1, 0.15) is 0 Å².